The van der Waals surface area contributed by atoms with Gasteiger partial charge in [0.25, 0.3) is 0 Å². The van der Waals surface area contributed by atoms with Crippen molar-refractivity contribution >= 4 is 21.8 Å². The zero-order chi connectivity index (χ0) is 47.3. The van der Waals surface area contributed by atoms with Gasteiger partial charge in [-0.15, -0.1) is 0 Å². The predicted octanol–water partition coefficient (Wildman–Crippen LogP) is 17.2. The molecule has 11 rings (SSSR count). The SMILES string of the molecule is CC(C)(C)c1ccc(-c2cc(-c3nc(-c4ccccc4)nc(-c4ccccc4)n3)cc(-c3ccc(C(C)(C)C)cc3)c2-n2c3ccc(-c4ccccc4)cc3c3cc(-c4ccccc4)ccc32)cc1. The summed E-state index contributed by atoms with van der Waals surface area (Å²) in [6, 6.07) is 78.7. The van der Waals surface area contributed by atoms with Gasteiger partial charge in [0.1, 0.15) is 0 Å². The van der Waals surface area contributed by atoms with E-state index in [1.807, 2.05) is 36.4 Å². The van der Waals surface area contributed by atoms with Crippen LogP contribution in [-0.2, 0) is 10.8 Å². The van der Waals surface area contributed by atoms with Crippen molar-refractivity contribution < 1.29 is 0 Å². The largest absolute Gasteiger partial charge is 0.308 e. The Morgan fingerprint density at radius 1 is 0.290 bits per heavy atom. The molecular formula is C65H54N4. The van der Waals surface area contributed by atoms with Gasteiger partial charge in [0.05, 0.1) is 16.7 Å². The van der Waals surface area contributed by atoms with Crippen molar-refractivity contribution in [1.29, 1.82) is 0 Å². The van der Waals surface area contributed by atoms with Gasteiger partial charge in [0.15, 0.2) is 17.5 Å². The topological polar surface area (TPSA) is 43.6 Å². The van der Waals surface area contributed by atoms with Crippen LogP contribution in [-0.4, -0.2) is 19.5 Å². The zero-order valence-corrected chi connectivity index (χ0v) is 40.1. The first-order chi connectivity index (χ1) is 33.5. The van der Waals surface area contributed by atoms with Gasteiger partial charge < -0.3 is 4.57 Å². The van der Waals surface area contributed by atoms with Crippen molar-refractivity contribution in [2.45, 2.75) is 52.4 Å². The second kappa shape index (κ2) is 17.5. The molecule has 2 aromatic heterocycles. The third-order valence-corrected chi connectivity index (χ3v) is 13.4. The fraction of sp³-hybridized carbons (Fsp3) is 0.123. The molecule has 0 bridgehead atoms. The van der Waals surface area contributed by atoms with Crippen LogP contribution in [0.3, 0.4) is 0 Å². The van der Waals surface area contributed by atoms with Crippen LogP contribution in [0.4, 0.5) is 0 Å². The van der Waals surface area contributed by atoms with Gasteiger partial charge in [-0.1, -0.05) is 224 Å². The molecule has 334 valence electrons. The van der Waals surface area contributed by atoms with Crippen LogP contribution in [0, 0.1) is 0 Å². The third-order valence-electron chi connectivity index (χ3n) is 13.4. The number of hydrogen-bond acceptors (Lipinski definition) is 3. The molecule has 0 aliphatic carbocycles. The molecule has 0 spiro atoms. The maximum atomic E-state index is 5.30. The average Bonchev–Trinajstić information content (AvgIpc) is 3.71. The van der Waals surface area contributed by atoms with Crippen LogP contribution in [0.25, 0.3) is 106 Å². The van der Waals surface area contributed by atoms with E-state index in [2.05, 4.69) is 228 Å². The van der Waals surface area contributed by atoms with Crippen LogP contribution in [0.2, 0.25) is 0 Å². The Labute approximate surface area is 405 Å². The van der Waals surface area contributed by atoms with Gasteiger partial charge in [0, 0.05) is 38.6 Å². The first-order valence-corrected chi connectivity index (χ1v) is 23.9. The van der Waals surface area contributed by atoms with E-state index >= 15 is 0 Å². The third kappa shape index (κ3) is 8.44. The van der Waals surface area contributed by atoms with E-state index in [1.54, 1.807) is 0 Å². The summed E-state index contributed by atoms with van der Waals surface area (Å²) in [7, 11) is 0. The standard InChI is InChI=1S/C65H54N4/c1-64(2,3)52-33-27-45(28-34-52)54-41-51(63-67-61(47-23-15-9-16-24-47)66-62(68-63)48-25-17-10-18-26-48)42-55(46-29-35-53(36-30-46)65(4,5)6)60(54)69-58-37-31-49(43-19-11-7-12-20-43)39-56(58)57-40-50(32-38-59(57)69)44-21-13-8-14-22-44/h7-42H,1-6H3. The smallest absolute Gasteiger partial charge is 0.164 e. The minimum atomic E-state index is -0.0184. The monoisotopic (exact) mass is 890 g/mol. The van der Waals surface area contributed by atoms with Crippen LogP contribution < -0.4 is 0 Å². The first kappa shape index (κ1) is 43.4. The quantitative estimate of drug-likeness (QED) is 0.153. The summed E-state index contributed by atoms with van der Waals surface area (Å²) >= 11 is 0. The molecule has 0 aliphatic heterocycles. The van der Waals surface area contributed by atoms with Crippen molar-refractivity contribution in [2.24, 2.45) is 0 Å². The maximum Gasteiger partial charge on any atom is 0.164 e. The lowest BCUT2D eigenvalue weighted by Crippen LogP contribution is -2.11. The Morgan fingerprint density at radius 2 is 0.609 bits per heavy atom. The molecule has 0 saturated carbocycles. The fourth-order valence-electron chi connectivity index (χ4n) is 9.57. The minimum absolute atomic E-state index is 0.0184. The van der Waals surface area contributed by atoms with Crippen LogP contribution in [0.1, 0.15) is 52.7 Å². The molecule has 0 amide bonds. The first-order valence-electron chi connectivity index (χ1n) is 23.9. The summed E-state index contributed by atoms with van der Waals surface area (Å²) in [5, 5.41) is 2.38. The summed E-state index contributed by atoms with van der Waals surface area (Å²) in [6.07, 6.45) is 0. The molecule has 4 nitrogen and oxygen atoms in total. The molecule has 2 heterocycles. The molecule has 0 unspecified atom stereocenters. The Bertz CT molecular complexity index is 3390. The summed E-state index contributed by atoms with van der Waals surface area (Å²) in [6.45, 7) is 13.6. The van der Waals surface area contributed by atoms with E-state index < -0.39 is 0 Å². The Kier molecular flexibility index (Phi) is 11.0. The van der Waals surface area contributed by atoms with Crippen molar-refractivity contribution in [2.75, 3.05) is 0 Å². The van der Waals surface area contributed by atoms with E-state index in [0.717, 1.165) is 55.7 Å². The molecule has 4 heteroatoms. The highest BCUT2D eigenvalue weighted by Crippen LogP contribution is 2.46. The van der Waals surface area contributed by atoms with Crippen LogP contribution in [0.5, 0.6) is 0 Å². The van der Waals surface area contributed by atoms with Gasteiger partial charge in [-0.3, -0.25) is 0 Å². The number of rotatable bonds is 8. The molecule has 0 aliphatic rings. The Balaban J connectivity index is 1.26. The second-order valence-electron chi connectivity index (χ2n) is 20.1. The van der Waals surface area contributed by atoms with Gasteiger partial charge in [0.2, 0.25) is 0 Å². The highest BCUT2D eigenvalue weighted by atomic mass is 15.0. The highest BCUT2D eigenvalue weighted by Gasteiger charge is 2.25. The molecule has 0 saturated heterocycles. The summed E-state index contributed by atoms with van der Waals surface area (Å²) in [5.41, 5.74) is 17.7. The molecule has 0 atom stereocenters. The van der Waals surface area contributed by atoms with Crippen molar-refractivity contribution in [3.05, 3.63) is 230 Å². The van der Waals surface area contributed by atoms with E-state index in [0.29, 0.717) is 17.5 Å². The normalized spacial score (nSPS) is 11.9. The van der Waals surface area contributed by atoms with Crippen molar-refractivity contribution in [3.63, 3.8) is 0 Å². The minimum Gasteiger partial charge on any atom is -0.308 e. The highest BCUT2D eigenvalue weighted by molar-refractivity contribution is 6.13. The number of nitrogens with zero attached hydrogens (tertiary/aromatic N) is 4. The van der Waals surface area contributed by atoms with Gasteiger partial charge in [-0.25, -0.2) is 15.0 Å². The van der Waals surface area contributed by atoms with Crippen LogP contribution >= 0.6 is 0 Å². The van der Waals surface area contributed by atoms with Gasteiger partial charge >= 0.3 is 0 Å². The van der Waals surface area contributed by atoms with Gasteiger partial charge in [-0.2, -0.15) is 0 Å². The van der Waals surface area contributed by atoms with E-state index in [-0.39, 0.29) is 10.8 Å². The fourth-order valence-corrected chi connectivity index (χ4v) is 9.57. The molecule has 69 heavy (non-hydrogen) atoms. The van der Waals surface area contributed by atoms with Gasteiger partial charge in [-0.05, 0) is 91.7 Å². The second-order valence-corrected chi connectivity index (χ2v) is 20.1. The number of aromatic nitrogens is 4. The summed E-state index contributed by atoms with van der Waals surface area (Å²) in [5.74, 6) is 1.86. The molecular weight excluding hydrogens is 837 g/mol. The zero-order valence-electron chi connectivity index (χ0n) is 40.1. The van der Waals surface area contributed by atoms with Crippen molar-refractivity contribution in [1.82, 2.24) is 19.5 Å². The molecule has 0 N–H and O–H groups in total. The van der Waals surface area contributed by atoms with E-state index in [4.69, 9.17) is 15.0 Å². The molecule has 0 fully saturated rings. The summed E-state index contributed by atoms with van der Waals surface area (Å²) in [4.78, 5) is 15.7. The maximum absolute atomic E-state index is 5.30. The lowest BCUT2D eigenvalue weighted by molar-refractivity contribution is 0.590. The number of fused-ring (bicyclic) bond motifs is 3. The number of benzene rings is 9. The van der Waals surface area contributed by atoms with E-state index in [9.17, 15) is 0 Å². The predicted molar refractivity (Wildman–Crippen MR) is 290 cm³/mol. The lowest BCUT2D eigenvalue weighted by Gasteiger charge is -2.23. The summed E-state index contributed by atoms with van der Waals surface area (Å²) < 4.78 is 2.51. The Morgan fingerprint density at radius 3 is 0.957 bits per heavy atom. The van der Waals surface area contributed by atoms with Crippen molar-refractivity contribution in [3.8, 4) is 84.4 Å². The molecule has 9 aromatic carbocycles. The Hall–Kier alpha value is -8.21. The number of hydrogen-bond donors (Lipinski definition) is 0. The van der Waals surface area contributed by atoms with E-state index in [1.165, 1.54) is 44.2 Å². The average molecular weight is 891 g/mol. The lowest BCUT2D eigenvalue weighted by atomic mass is 9.84. The molecule has 11 aromatic rings. The van der Waals surface area contributed by atoms with Crippen LogP contribution in [0.15, 0.2) is 218 Å². The molecule has 0 radical (unpaired) electrons.